The average Bonchev–Trinajstić information content (AvgIpc) is 3.11. The molecule has 0 spiro atoms. The van der Waals surface area contributed by atoms with E-state index in [0.717, 1.165) is 17.0 Å². The van der Waals surface area contributed by atoms with Crippen LogP contribution in [0.1, 0.15) is 5.01 Å². The number of halogens is 2. The van der Waals surface area contributed by atoms with Crippen LogP contribution < -0.4 is 10.1 Å². The second-order valence-corrected chi connectivity index (χ2v) is 6.97. The van der Waals surface area contributed by atoms with Crippen molar-refractivity contribution in [3.05, 3.63) is 69.1 Å². The maximum atomic E-state index is 9.45. The van der Waals surface area contributed by atoms with Gasteiger partial charge < -0.3 is 10.1 Å². The van der Waals surface area contributed by atoms with Gasteiger partial charge in [-0.1, -0.05) is 23.2 Å². The number of methoxy groups -OCH3 is 1. The Hall–Kier alpha value is -2.52. The van der Waals surface area contributed by atoms with Crippen LogP contribution in [0.2, 0.25) is 10.0 Å². The van der Waals surface area contributed by atoms with Gasteiger partial charge in [-0.2, -0.15) is 5.26 Å². The zero-order chi connectivity index (χ0) is 18.5. The SMILES string of the molecule is COc1ccc(-c2csc(/C(C#N)=C/Nc3cc(Cl)cc(Cl)c3)n2)cc1. The summed E-state index contributed by atoms with van der Waals surface area (Å²) in [6.45, 7) is 0. The summed E-state index contributed by atoms with van der Waals surface area (Å²) in [5, 5.41) is 16.1. The van der Waals surface area contributed by atoms with Gasteiger partial charge in [0.2, 0.25) is 0 Å². The smallest absolute Gasteiger partial charge is 0.136 e. The lowest BCUT2D eigenvalue weighted by molar-refractivity contribution is 0.415. The van der Waals surface area contributed by atoms with E-state index in [1.807, 2.05) is 29.6 Å². The lowest BCUT2D eigenvalue weighted by Gasteiger charge is -2.03. The molecule has 0 aliphatic carbocycles. The summed E-state index contributed by atoms with van der Waals surface area (Å²) in [6.07, 6.45) is 1.60. The molecule has 7 heteroatoms. The summed E-state index contributed by atoms with van der Waals surface area (Å²) in [5.74, 6) is 0.784. The summed E-state index contributed by atoms with van der Waals surface area (Å²) in [7, 11) is 1.63. The largest absolute Gasteiger partial charge is 0.497 e. The molecule has 0 amide bonds. The van der Waals surface area contributed by atoms with Gasteiger partial charge in [-0.3, -0.25) is 0 Å². The van der Waals surface area contributed by atoms with Crippen LogP contribution in [0.5, 0.6) is 5.75 Å². The van der Waals surface area contributed by atoms with Crippen molar-refractivity contribution in [2.24, 2.45) is 0 Å². The molecule has 0 radical (unpaired) electrons. The van der Waals surface area contributed by atoms with Crippen LogP contribution in [0.4, 0.5) is 5.69 Å². The fourth-order valence-electron chi connectivity index (χ4n) is 2.23. The minimum absolute atomic E-state index is 0.422. The lowest BCUT2D eigenvalue weighted by Crippen LogP contribution is -1.91. The molecule has 2 aromatic carbocycles. The number of rotatable bonds is 5. The van der Waals surface area contributed by atoms with E-state index in [9.17, 15) is 5.26 Å². The first kappa shape index (κ1) is 18.3. The molecule has 0 saturated heterocycles. The Labute approximate surface area is 165 Å². The highest BCUT2D eigenvalue weighted by Gasteiger charge is 2.09. The van der Waals surface area contributed by atoms with Gasteiger partial charge >= 0.3 is 0 Å². The molecule has 3 aromatic rings. The molecule has 130 valence electrons. The van der Waals surface area contributed by atoms with Gasteiger partial charge in [0.05, 0.1) is 12.8 Å². The van der Waals surface area contributed by atoms with E-state index in [1.165, 1.54) is 11.3 Å². The van der Waals surface area contributed by atoms with Crippen molar-refractivity contribution in [3.63, 3.8) is 0 Å². The molecule has 1 N–H and O–H groups in total. The van der Waals surface area contributed by atoms with E-state index in [4.69, 9.17) is 27.9 Å². The van der Waals surface area contributed by atoms with Gasteiger partial charge in [0.1, 0.15) is 22.4 Å². The summed E-state index contributed by atoms with van der Waals surface area (Å²) in [4.78, 5) is 4.55. The predicted molar refractivity (Wildman–Crippen MR) is 108 cm³/mol. The molecule has 4 nitrogen and oxygen atoms in total. The number of hydrogen-bond acceptors (Lipinski definition) is 5. The third kappa shape index (κ3) is 4.36. The number of benzene rings is 2. The van der Waals surface area contributed by atoms with E-state index in [-0.39, 0.29) is 0 Å². The predicted octanol–water partition coefficient (Wildman–Crippen LogP) is 6.10. The zero-order valence-electron chi connectivity index (χ0n) is 13.7. The number of ether oxygens (including phenoxy) is 1. The Morgan fingerprint density at radius 1 is 1.19 bits per heavy atom. The van der Waals surface area contributed by atoms with Crippen molar-refractivity contribution >= 4 is 45.8 Å². The summed E-state index contributed by atoms with van der Waals surface area (Å²) < 4.78 is 5.16. The standard InChI is InChI=1S/C19H13Cl2N3OS/c1-25-17-4-2-12(3-5-17)18-11-26-19(24-18)13(9-22)10-23-16-7-14(20)6-15(21)8-16/h2-8,10-11,23H,1H3/b13-10+. The minimum Gasteiger partial charge on any atom is -0.497 e. The highest BCUT2D eigenvalue weighted by atomic mass is 35.5. The van der Waals surface area contributed by atoms with Crippen molar-refractivity contribution in [2.45, 2.75) is 0 Å². The van der Waals surface area contributed by atoms with Crippen LogP contribution in [0.15, 0.2) is 54.0 Å². The normalized spacial score (nSPS) is 11.1. The molecule has 0 saturated carbocycles. The van der Waals surface area contributed by atoms with Crippen LogP contribution >= 0.6 is 34.5 Å². The molecular formula is C19H13Cl2N3OS. The maximum absolute atomic E-state index is 9.45. The first-order valence-corrected chi connectivity index (χ1v) is 9.16. The highest BCUT2D eigenvalue weighted by molar-refractivity contribution is 7.11. The van der Waals surface area contributed by atoms with Crippen molar-refractivity contribution in [1.82, 2.24) is 4.98 Å². The summed E-state index contributed by atoms with van der Waals surface area (Å²) in [6, 6.07) is 14.9. The number of hydrogen-bond donors (Lipinski definition) is 1. The zero-order valence-corrected chi connectivity index (χ0v) is 16.0. The number of anilines is 1. The third-order valence-electron chi connectivity index (χ3n) is 3.49. The monoisotopic (exact) mass is 401 g/mol. The number of aromatic nitrogens is 1. The number of nitrogens with one attached hydrogen (secondary N) is 1. The topological polar surface area (TPSA) is 57.9 Å². The number of thiazole rings is 1. The molecular weight excluding hydrogens is 389 g/mol. The van der Waals surface area contributed by atoms with E-state index < -0.39 is 0 Å². The average molecular weight is 402 g/mol. The maximum Gasteiger partial charge on any atom is 0.136 e. The first-order valence-electron chi connectivity index (χ1n) is 7.52. The Bertz CT molecular complexity index is 971. The summed E-state index contributed by atoms with van der Waals surface area (Å²) >= 11 is 13.4. The second-order valence-electron chi connectivity index (χ2n) is 5.24. The third-order valence-corrected chi connectivity index (χ3v) is 4.80. The number of allylic oxidation sites excluding steroid dienone is 1. The fourth-order valence-corrected chi connectivity index (χ4v) is 3.55. The van der Waals surface area contributed by atoms with E-state index in [1.54, 1.807) is 31.5 Å². The van der Waals surface area contributed by atoms with Gasteiger partial charge in [0.25, 0.3) is 0 Å². The van der Waals surface area contributed by atoms with Gasteiger partial charge in [0.15, 0.2) is 0 Å². The highest BCUT2D eigenvalue weighted by Crippen LogP contribution is 2.28. The molecule has 1 aromatic heterocycles. The molecule has 0 bridgehead atoms. The molecule has 0 atom stereocenters. The van der Waals surface area contributed by atoms with Crippen molar-refractivity contribution in [1.29, 1.82) is 5.26 Å². The van der Waals surface area contributed by atoms with Gasteiger partial charge in [-0.25, -0.2) is 4.98 Å². The van der Waals surface area contributed by atoms with Crippen molar-refractivity contribution < 1.29 is 4.74 Å². The van der Waals surface area contributed by atoms with Gasteiger partial charge in [-0.05, 0) is 42.5 Å². The van der Waals surface area contributed by atoms with Crippen LogP contribution in [-0.4, -0.2) is 12.1 Å². The van der Waals surface area contributed by atoms with E-state index >= 15 is 0 Å². The van der Waals surface area contributed by atoms with Gasteiger partial charge in [0, 0.05) is 32.9 Å². The number of nitriles is 1. The van der Waals surface area contributed by atoms with E-state index in [2.05, 4.69) is 16.4 Å². The lowest BCUT2D eigenvalue weighted by atomic mass is 10.2. The molecule has 3 rings (SSSR count). The molecule has 0 aliphatic rings. The molecule has 0 unspecified atom stereocenters. The Kier molecular flexibility index (Phi) is 5.79. The van der Waals surface area contributed by atoms with Crippen molar-refractivity contribution in [3.8, 4) is 23.1 Å². The van der Waals surface area contributed by atoms with Crippen LogP contribution in [0.25, 0.3) is 16.8 Å². The first-order chi connectivity index (χ1) is 12.6. The molecule has 26 heavy (non-hydrogen) atoms. The van der Waals surface area contributed by atoms with Crippen LogP contribution in [0, 0.1) is 11.3 Å². The number of nitrogens with zero attached hydrogens (tertiary/aromatic N) is 2. The van der Waals surface area contributed by atoms with Gasteiger partial charge in [-0.15, -0.1) is 11.3 Å². The van der Waals surface area contributed by atoms with Crippen molar-refractivity contribution in [2.75, 3.05) is 12.4 Å². The van der Waals surface area contributed by atoms with Crippen LogP contribution in [-0.2, 0) is 0 Å². The van der Waals surface area contributed by atoms with E-state index in [0.29, 0.717) is 26.3 Å². The molecule has 1 heterocycles. The molecule has 0 aliphatic heterocycles. The Morgan fingerprint density at radius 3 is 2.50 bits per heavy atom. The quantitative estimate of drug-likeness (QED) is 0.524. The second kappa shape index (κ2) is 8.24. The summed E-state index contributed by atoms with van der Waals surface area (Å²) in [5.41, 5.74) is 2.88. The minimum atomic E-state index is 0.422. The van der Waals surface area contributed by atoms with Crippen LogP contribution in [0.3, 0.4) is 0 Å². The Balaban J connectivity index is 1.82. The molecule has 0 fully saturated rings. The fraction of sp³-hybridized carbons (Fsp3) is 0.0526. The Morgan fingerprint density at radius 2 is 1.88 bits per heavy atom.